The number of amides is 2. The number of hydrogen-bond donors (Lipinski definition) is 1. The molecule has 1 rings (SSSR count). The maximum Gasteiger partial charge on any atom is 0.259 e. The minimum absolute atomic E-state index is 0.0525. The maximum absolute atomic E-state index is 12.4. The summed E-state index contributed by atoms with van der Waals surface area (Å²) in [6.07, 6.45) is 0.622. The van der Waals surface area contributed by atoms with E-state index in [9.17, 15) is 9.59 Å². The van der Waals surface area contributed by atoms with E-state index < -0.39 is 0 Å². The molecule has 19 heavy (non-hydrogen) atoms. The molecule has 0 saturated heterocycles. The molecule has 6 nitrogen and oxygen atoms in total. The van der Waals surface area contributed by atoms with Gasteiger partial charge in [0.05, 0.1) is 12.2 Å². The van der Waals surface area contributed by atoms with Crippen LogP contribution in [0, 0.1) is 6.92 Å². The lowest BCUT2D eigenvalue weighted by Crippen LogP contribution is -2.40. The number of nitrogens with zero attached hydrogens (tertiary/aromatic N) is 2. The monoisotopic (exact) mass is 267 g/mol. The highest BCUT2D eigenvalue weighted by Gasteiger charge is 2.24. The van der Waals surface area contributed by atoms with Gasteiger partial charge >= 0.3 is 0 Å². The summed E-state index contributed by atoms with van der Waals surface area (Å²) in [5, 5.41) is 6.55. The number of carbonyl (C=O) groups is 2. The van der Waals surface area contributed by atoms with Gasteiger partial charge in [0.1, 0.15) is 11.3 Å². The molecule has 106 valence electrons. The van der Waals surface area contributed by atoms with Crippen molar-refractivity contribution >= 4 is 11.8 Å². The molecule has 1 heterocycles. The fourth-order valence-electron chi connectivity index (χ4n) is 1.85. The van der Waals surface area contributed by atoms with Crippen LogP contribution in [0.4, 0.5) is 0 Å². The first-order valence-corrected chi connectivity index (χ1v) is 6.56. The van der Waals surface area contributed by atoms with Crippen LogP contribution in [0.25, 0.3) is 0 Å². The number of likely N-dealkylation sites (N-methyl/N-ethyl adjacent to an activating group) is 2. The first kappa shape index (κ1) is 15.2. The fraction of sp³-hybridized carbons (Fsp3) is 0.615. The van der Waals surface area contributed by atoms with Crippen molar-refractivity contribution in [1.82, 2.24) is 15.4 Å². The first-order valence-electron chi connectivity index (χ1n) is 6.56. The van der Waals surface area contributed by atoms with E-state index in [1.807, 2.05) is 20.8 Å². The third kappa shape index (κ3) is 3.56. The molecule has 0 saturated carbocycles. The largest absolute Gasteiger partial charge is 0.361 e. The Labute approximate surface area is 113 Å². The topological polar surface area (TPSA) is 75.4 Å². The van der Waals surface area contributed by atoms with Crippen LogP contribution >= 0.6 is 0 Å². The van der Waals surface area contributed by atoms with E-state index in [0.29, 0.717) is 36.5 Å². The van der Waals surface area contributed by atoms with Gasteiger partial charge in [-0.25, -0.2) is 0 Å². The van der Waals surface area contributed by atoms with Crippen molar-refractivity contribution in [2.45, 2.75) is 34.1 Å². The average molecular weight is 267 g/mol. The van der Waals surface area contributed by atoms with Crippen molar-refractivity contribution in [2.75, 3.05) is 19.6 Å². The SMILES string of the molecule is CCNC(=O)CN(CC)C(=O)c1c(CC)noc1C. The van der Waals surface area contributed by atoms with Crippen molar-refractivity contribution in [1.29, 1.82) is 0 Å². The summed E-state index contributed by atoms with van der Waals surface area (Å²) in [5.74, 6) is 0.130. The summed E-state index contributed by atoms with van der Waals surface area (Å²) < 4.78 is 5.06. The highest BCUT2D eigenvalue weighted by atomic mass is 16.5. The van der Waals surface area contributed by atoms with Gasteiger partial charge in [-0.1, -0.05) is 12.1 Å². The van der Waals surface area contributed by atoms with E-state index in [1.54, 1.807) is 6.92 Å². The number of rotatable bonds is 6. The van der Waals surface area contributed by atoms with Gasteiger partial charge in [-0.15, -0.1) is 0 Å². The Morgan fingerprint density at radius 2 is 2.00 bits per heavy atom. The zero-order valence-electron chi connectivity index (χ0n) is 11.9. The zero-order valence-corrected chi connectivity index (χ0v) is 11.9. The lowest BCUT2D eigenvalue weighted by atomic mass is 10.1. The molecule has 1 aromatic heterocycles. The summed E-state index contributed by atoms with van der Waals surface area (Å²) in [7, 11) is 0. The summed E-state index contributed by atoms with van der Waals surface area (Å²) in [5.41, 5.74) is 1.12. The predicted molar refractivity (Wildman–Crippen MR) is 70.9 cm³/mol. The molecule has 0 unspecified atom stereocenters. The highest BCUT2D eigenvalue weighted by molar-refractivity contribution is 5.98. The standard InChI is InChI=1S/C13H21N3O3/c1-5-10-12(9(4)19-15-10)13(18)16(7-3)8-11(17)14-6-2/h5-8H2,1-4H3,(H,14,17). The maximum atomic E-state index is 12.4. The van der Waals surface area contributed by atoms with E-state index >= 15 is 0 Å². The van der Waals surface area contributed by atoms with Crippen LogP contribution in [-0.2, 0) is 11.2 Å². The molecule has 0 bridgehead atoms. The molecule has 2 amide bonds. The van der Waals surface area contributed by atoms with Crippen molar-refractivity contribution in [3.8, 4) is 0 Å². The van der Waals surface area contributed by atoms with E-state index in [0.717, 1.165) is 0 Å². The molecule has 0 aliphatic heterocycles. The minimum atomic E-state index is -0.204. The highest BCUT2D eigenvalue weighted by Crippen LogP contribution is 2.16. The Morgan fingerprint density at radius 1 is 1.32 bits per heavy atom. The van der Waals surface area contributed by atoms with Crippen LogP contribution < -0.4 is 5.32 Å². The van der Waals surface area contributed by atoms with Gasteiger partial charge in [0, 0.05) is 13.1 Å². The molecular formula is C13H21N3O3. The van der Waals surface area contributed by atoms with E-state index in [2.05, 4.69) is 10.5 Å². The van der Waals surface area contributed by atoms with Crippen LogP contribution in [0.5, 0.6) is 0 Å². The number of hydrogen-bond acceptors (Lipinski definition) is 4. The van der Waals surface area contributed by atoms with Crippen LogP contribution in [0.1, 0.15) is 42.6 Å². The molecule has 0 spiro atoms. The quantitative estimate of drug-likeness (QED) is 0.838. The smallest absolute Gasteiger partial charge is 0.259 e. The fourth-order valence-corrected chi connectivity index (χ4v) is 1.85. The molecule has 6 heteroatoms. The van der Waals surface area contributed by atoms with Crippen molar-refractivity contribution in [2.24, 2.45) is 0 Å². The van der Waals surface area contributed by atoms with Gasteiger partial charge in [0.2, 0.25) is 5.91 Å². The van der Waals surface area contributed by atoms with Crippen molar-refractivity contribution < 1.29 is 14.1 Å². The summed E-state index contributed by atoms with van der Waals surface area (Å²) in [4.78, 5) is 25.5. The number of aryl methyl sites for hydroxylation is 2. The van der Waals surface area contributed by atoms with Gasteiger partial charge in [-0.05, 0) is 27.2 Å². The molecule has 0 aliphatic rings. The Kier molecular flexibility index (Phi) is 5.54. The Balaban J connectivity index is 2.89. The van der Waals surface area contributed by atoms with Gasteiger partial charge in [-0.3, -0.25) is 9.59 Å². The average Bonchev–Trinajstić information content (AvgIpc) is 2.76. The summed E-state index contributed by atoms with van der Waals surface area (Å²) in [6.45, 7) is 8.37. The lowest BCUT2D eigenvalue weighted by Gasteiger charge is -2.20. The van der Waals surface area contributed by atoms with Crippen LogP contribution in [-0.4, -0.2) is 41.5 Å². The van der Waals surface area contributed by atoms with Crippen molar-refractivity contribution in [3.05, 3.63) is 17.0 Å². The molecule has 1 N–H and O–H groups in total. The van der Waals surface area contributed by atoms with Crippen LogP contribution in [0.2, 0.25) is 0 Å². The molecule has 0 fully saturated rings. The third-order valence-corrected chi connectivity index (χ3v) is 2.86. The molecule has 0 aliphatic carbocycles. The Hall–Kier alpha value is -1.85. The third-order valence-electron chi connectivity index (χ3n) is 2.86. The molecule has 0 radical (unpaired) electrons. The second-order valence-electron chi connectivity index (χ2n) is 4.19. The lowest BCUT2D eigenvalue weighted by molar-refractivity contribution is -0.121. The second-order valence-corrected chi connectivity index (χ2v) is 4.19. The molecular weight excluding hydrogens is 246 g/mol. The summed E-state index contributed by atoms with van der Waals surface area (Å²) >= 11 is 0. The first-order chi connectivity index (χ1) is 9.04. The van der Waals surface area contributed by atoms with E-state index in [-0.39, 0.29) is 18.4 Å². The normalized spacial score (nSPS) is 10.3. The molecule has 0 aromatic carbocycles. The minimum Gasteiger partial charge on any atom is -0.361 e. The second kappa shape index (κ2) is 6.92. The van der Waals surface area contributed by atoms with Crippen LogP contribution in [0.3, 0.4) is 0 Å². The number of carbonyl (C=O) groups excluding carboxylic acids is 2. The molecule has 0 atom stereocenters. The molecule has 1 aromatic rings. The van der Waals surface area contributed by atoms with Gasteiger partial charge < -0.3 is 14.7 Å². The van der Waals surface area contributed by atoms with Gasteiger partial charge in [0.15, 0.2) is 0 Å². The Bertz CT molecular complexity index is 454. The summed E-state index contributed by atoms with van der Waals surface area (Å²) in [6, 6.07) is 0. The van der Waals surface area contributed by atoms with Crippen molar-refractivity contribution in [3.63, 3.8) is 0 Å². The van der Waals surface area contributed by atoms with Gasteiger partial charge in [0.25, 0.3) is 5.91 Å². The zero-order chi connectivity index (χ0) is 14.4. The number of nitrogens with one attached hydrogen (secondary N) is 1. The van der Waals surface area contributed by atoms with Gasteiger partial charge in [-0.2, -0.15) is 0 Å². The van der Waals surface area contributed by atoms with E-state index in [1.165, 1.54) is 4.90 Å². The predicted octanol–water partition coefficient (Wildman–Crippen LogP) is 1.14. The van der Waals surface area contributed by atoms with Crippen LogP contribution in [0.15, 0.2) is 4.52 Å². The number of aromatic nitrogens is 1. The Morgan fingerprint density at radius 3 is 2.53 bits per heavy atom. The van der Waals surface area contributed by atoms with E-state index in [4.69, 9.17) is 4.52 Å².